The van der Waals surface area contributed by atoms with E-state index in [0.717, 1.165) is 22.1 Å². The molecule has 3 rings (SSSR count). The third kappa shape index (κ3) is 1.55. The quantitative estimate of drug-likeness (QED) is 0.597. The molecular weight excluding hydrogens is 216 g/mol. The molecular formula is C14H12O3. The van der Waals surface area contributed by atoms with Crippen LogP contribution in [0.2, 0.25) is 0 Å². The normalized spacial score (nSPS) is 11.7. The molecule has 86 valence electrons. The van der Waals surface area contributed by atoms with Crippen LogP contribution in [0.1, 0.15) is 25.5 Å². The van der Waals surface area contributed by atoms with Gasteiger partial charge in [0.2, 0.25) is 0 Å². The van der Waals surface area contributed by atoms with Crippen molar-refractivity contribution >= 4 is 21.9 Å². The van der Waals surface area contributed by atoms with Crippen LogP contribution in [0.4, 0.5) is 0 Å². The summed E-state index contributed by atoms with van der Waals surface area (Å²) in [5.74, 6) is 1.21. The molecule has 17 heavy (non-hydrogen) atoms. The zero-order valence-electron chi connectivity index (χ0n) is 9.69. The van der Waals surface area contributed by atoms with E-state index in [0.29, 0.717) is 11.5 Å². The molecule has 0 unspecified atom stereocenters. The summed E-state index contributed by atoms with van der Waals surface area (Å²) in [6.07, 6.45) is 0. The highest BCUT2D eigenvalue weighted by Gasteiger charge is 2.11. The zero-order chi connectivity index (χ0) is 12.0. The van der Waals surface area contributed by atoms with Gasteiger partial charge in [-0.25, -0.2) is 4.79 Å². The molecule has 0 amide bonds. The molecule has 0 N–H and O–H groups in total. The largest absolute Gasteiger partial charge is 0.461 e. The van der Waals surface area contributed by atoms with Crippen molar-refractivity contribution in [1.29, 1.82) is 0 Å². The van der Waals surface area contributed by atoms with E-state index in [1.807, 2.05) is 18.2 Å². The number of hydrogen-bond acceptors (Lipinski definition) is 3. The number of hydrogen-bond donors (Lipinski definition) is 0. The topological polar surface area (TPSA) is 43.4 Å². The summed E-state index contributed by atoms with van der Waals surface area (Å²) >= 11 is 0. The molecule has 0 bridgehead atoms. The molecule has 1 aromatic carbocycles. The van der Waals surface area contributed by atoms with E-state index in [2.05, 4.69) is 13.8 Å². The zero-order valence-corrected chi connectivity index (χ0v) is 9.69. The van der Waals surface area contributed by atoms with Gasteiger partial charge < -0.3 is 8.83 Å². The molecule has 3 aromatic rings. The first-order valence-corrected chi connectivity index (χ1v) is 5.61. The maximum atomic E-state index is 11.3. The Kier molecular flexibility index (Phi) is 2.08. The van der Waals surface area contributed by atoms with Gasteiger partial charge in [0.25, 0.3) is 0 Å². The first kappa shape index (κ1) is 10.1. The van der Waals surface area contributed by atoms with Gasteiger partial charge in [0, 0.05) is 17.4 Å². The molecule has 0 spiro atoms. The van der Waals surface area contributed by atoms with E-state index in [1.165, 1.54) is 6.07 Å². The van der Waals surface area contributed by atoms with E-state index in [1.54, 1.807) is 6.07 Å². The fourth-order valence-electron chi connectivity index (χ4n) is 1.94. The predicted octanol–water partition coefficient (Wildman–Crippen LogP) is 3.66. The number of fused-ring (bicyclic) bond motifs is 3. The molecule has 0 aliphatic carbocycles. The third-order valence-electron chi connectivity index (χ3n) is 2.87. The average Bonchev–Trinajstić information content (AvgIpc) is 2.73. The number of furan rings is 1. The van der Waals surface area contributed by atoms with Crippen molar-refractivity contribution in [1.82, 2.24) is 0 Å². The van der Waals surface area contributed by atoms with E-state index >= 15 is 0 Å². The Balaban J connectivity index is 2.45. The number of rotatable bonds is 1. The van der Waals surface area contributed by atoms with E-state index < -0.39 is 0 Å². The summed E-state index contributed by atoms with van der Waals surface area (Å²) in [6.45, 7) is 4.13. The minimum Gasteiger partial charge on any atom is -0.461 e. The Hall–Kier alpha value is -2.03. The van der Waals surface area contributed by atoms with Gasteiger partial charge in [-0.1, -0.05) is 13.8 Å². The van der Waals surface area contributed by atoms with Gasteiger partial charge in [-0.2, -0.15) is 0 Å². The minimum absolute atomic E-state index is 0.313. The summed E-state index contributed by atoms with van der Waals surface area (Å²) in [4.78, 5) is 11.3. The smallest absolute Gasteiger partial charge is 0.336 e. The second kappa shape index (κ2) is 3.48. The highest BCUT2D eigenvalue weighted by atomic mass is 16.4. The molecule has 0 saturated heterocycles. The third-order valence-corrected chi connectivity index (χ3v) is 2.87. The highest BCUT2D eigenvalue weighted by molar-refractivity contribution is 6.02. The Bertz CT molecular complexity index is 747. The second-order valence-electron chi connectivity index (χ2n) is 4.45. The molecule has 0 aliphatic heterocycles. The molecule has 3 heteroatoms. The Labute approximate surface area is 97.7 Å². The Morgan fingerprint density at radius 3 is 2.59 bits per heavy atom. The van der Waals surface area contributed by atoms with Crippen LogP contribution in [-0.4, -0.2) is 0 Å². The van der Waals surface area contributed by atoms with E-state index in [-0.39, 0.29) is 5.63 Å². The van der Waals surface area contributed by atoms with Crippen molar-refractivity contribution in [2.75, 3.05) is 0 Å². The Morgan fingerprint density at radius 1 is 1.06 bits per heavy atom. The average molecular weight is 228 g/mol. The van der Waals surface area contributed by atoms with Crippen LogP contribution in [0.3, 0.4) is 0 Å². The summed E-state index contributed by atoms with van der Waals surface area (Å²) in [7, 11) is 0. The van der Waals surface area contributed by atoms with Crippen LogP contribution in [0.5, 0.6) is 0 Å². The van der Waals surface area contributed by atoms with Crippen LogP contribution in [0.25, 0.3) is 21.9 Å². The minimum atomic E-state index is -0.336. The van der Waals surface area contributed by atoms with Crippen LogP contribution in [0.15, 0.2) is 44.0 Å². The fourth-order valence-corrected chi connectivity index (χ4v) is 1.94. The molecule has 0 saturated carbocycles. The van der Waals surface area contributed by atoms with E-state index in [4.69, 9.17) is 8.83 Å². The van der Waals surface area contributed by atoms with Crippen LogP contribution in [0, 0.1) is 0 Å². The van der Waals surface area contributed by atoms with E-state index in [9.17, 15) is 4.79 Å². The maximum Gasteiger partial charge on any atom is 0.336 e. The highest BCUT2D eigenvalue weighted by Crippen LogP contribution is 2.30. The first-order valence-electron chi connectivity index (χ1n) is 5.61. The molecule has 0 fully saturated rings. The summed E-state index contributed by atoms with van der Waals surface area (Å²) in [5, 5.41) is 1.78. The first-order chi connectivity index (χ1) is 8.15. The predicted molar refractivity (Wildman–Crippen MR) is 66.3 cm³/mol. The molecule has 2 aromatic heterocycles. The summed E-state index contributed by atoms with van der Waals surface area (Å²) < 4.78 is 11.0. The molecule has 0 atom stereocenters. The summed E-state index contributed by atoms with van der Waals surface area (Å²) in [5.41, 5.74) is 1.03. The van der Waals surface area contributed by atoms with Crippen molar-refractivity contribution < 1.29 is 8.83 Å². The summed E-state index contributed by atoms with van der Waals surface area (Å²) in [6, 6.07) is 8.95. The van der Waals surface area contributed by atoms with Gasteiger partial charge in [0.15, 0.2) is 0 Å². The van der Waals surface area contributed by atoms with Crippen molar-refractivity contribution in [3.8, 4) is 0 Å². The lowest BCUT2D eigenvalue weighted by atomic mass is 10.1. The van der Waals surface area contributed by atoms with Gasteiger partial charge in [0.1, 0.15) is 16.9 Å². The van der Waals surface area contributed by atoms with Crippen molar-refractivity contribution in [2.24, 2.45) is 0 Å². The van der Waals surface area contributed by atoms with Gasteiger partial charge in [-0.05, 0) is 24.3 Å². The van der Waals surface area contributed by atoms with Crippen molar-refractivity contribution in [3.05, 3.63) is 46.5 Å². The van der Waals surface area contributed by atoms with Crippen molar-refractivity contribution in [2.45, 2.75) is 19.8 Å². The molecule has 0 radical (unpaired) electrons. The van der Waals surface area contributed by atoms with Crippen LogP contribution in [-0.2, 0) is 0 Å². The van der Waals surface area contributed by atoms with Gasteiger partial charge in [-0.15, -0.1) is 0 Å². The standard InChI is InChI=1S/C14H12O3/c1-8(2)12-7-10-11(16-12)5-3-9-4-6-13(15)17-14(9)10/h3-8H,1-2H3. The monoisotopic (exact) mass is 228 g/mol. The maximum absolute atomic E-state index is 11.3. The lowest BCUT2D eigenvalue weighted by molar-refractivity contribution is 0.521. The Morgan fingerprint density at radius 2 is 1.82 bits per heavy atom. The van der Waals surface area contributed by atoms with Gasteiger partial charge >= 0.3 is 5.63 Å². The number of benzene rings is 1. The molecule has 2 heterocycles. The lowest BCUT2D eigenvalue weighted by Gasteiger charge is -1.95. The molecule has 0 aliphatic rings. The second-order valence-corrected chi connectivity index (χ2v) is 4.45. The van der Waals surface area contributed by atoms with Gasteiger partial charge in [-0.3, -0.25) is 0 Å². The van der Waals surface area contributed by atoms with Crippen LogP contribution < -0.4 is 5.63 Å². The SMILES string of the molecule is CC(C)c1cc2c(ccc3ccc(=O)oc32)o1. The molecule has 3 nitrogen and oxygen atoms in total. The van der Waals surface area contributed by atoms with Gasteiger partial charge in [0.05, 0.1) is 5.39 Å². The van der Waals surface area contributed by atoms with Crippen LogP contribution >= 0.6 is 0 Å². The lowest BCUT2D eigenvalue weighted by Crippen LogP contribution is -1.94. The van der Waals surface area contributed by atoms with Crippen molar-refractivity contribution in [3.63, 3.8) is 0 Å². The fraction of sp³-hybridized carbons (Fsp3) is 0.214.